The largest absolute Gasteiger partial charge is 0.456 e. The van der Waals surface area contributed by atoms with Gasteiger partial charge < -0.3 is 9.32 Å². The zero-order valence-corrected chi connectivity index (χ0v) is 35.1. The highest BCUT2D eigenvalue weighted by atomic mass is 32.1. The zero-order chi connectivity index (χ0) is 41.7. The zero-order valence-electron chi connectivity index (χ0n) is 34.3. The minimum Gasteiger partial charge on any atom is -0.456 e. The molecule has 2 nitrogen and oxygen atoms in total. The van der Waals surface area contributed by atoms with Gasteiger partial charge in [0.05, 0.1) is 11.4 Å². The predicted octanol–water partition coefficient (Wildman–Crippen LogP) is 17.8. The van der Waals surface area contributed by atoms with Crippen molar-refractivity contribution in [3.63, 3.8) is 0 Å². The van der Waals surface area contributed by atoms with Crippen LogP contribution in [-0.2, 0) is 0 Å². The molecule has 0 saturated heterocycles. The van der Waals surface area contributed by atoms with Crippen molar-refractivity contribution in [2.75, 3.05) is 4.90 Å². The van der Waals surface area contributed by atoms with Crippen LogP contribution in [0.15, 0.2) is 241 Å². The minimum atomic E-state index is 0.859. The smallest absolute Gasteiger partial charge is 0.136 e. The number of para-hydroxylation sites is 1. The van der Waals surface area contributed by atoms with Crippen molar-refractivity contribution in [1.82, 2.24) is 0 Å². The number of hydrogen-bond donors (Lipinski definition) is 0. The van der Waals surface area contributed by atoms with Crippen LogP contribution in [0.5, 0.6) is 0 Å². The summed E-state index contributed by atoms with van der Waals surface area (Å²) in [6, 6.07) is 85.4. The van der Waals surface area contributed by atoms with E-state index in [4.69, 9.17) is 4.42 Å². The third-order valence-electron chi connectivity index (χ3n) is 12.3. The monoisotopic (exact) mass is 821 g/mol. The van der Waals surface area contributed by atoms with E-state index in [1.54, 1.807) is 0 Å². The number of anilines is 3. The molecule has 0 spiro atoms. The number of thiophene rings is 1. The SMILES string of the molecule is c1ccc(-c2ccc3c(c2)oc2ccc(N(c4c(-c5ccccc5)cccc4-c4ccccc4)c4ccc(-c5ccccc5)c5sc6cc(-c7ccccc7)ccc6c45)cc23)cc1. The van der Waals surface area contributed by atoms with E-state index < -0.39 is 0 Å². The molecule has 0 aliphatic rings. The molecule has 2 heterocycles. The normalized spacial score (nSPS) is 11.5. The maximum atomic E-state index is 6.66. The number of fused-ring (bicyclic) bond motifs is 6. The van der Waals surface area contributed by atoms with E-state index in [1.165, 1.54) is 48.0 Å². The highest BCUT2D eigenvalue weighted by molar-refractivity contribution is 7.26. The first-order valence-corrected chi connectivity index (χ1v) is 22.2. The van der Waals surface area contributed by atoms with Crippen LogP contribution in [-0.4, -0.2) is 0 Å². The van der Waals surface area contributed by atoms with Crippen molar-refractivity contribution in [2.24, 2.45) is 0 Å². The molecule has 0 fully saturated rings. The van der Waals surface area contributed by atoms with Crippen LogP contribution in [0, 0.1) is 0 Å². The van der Waals surface area contributed by atoms with Crippen molar-refractivity contribution in [2.45, 2.75) is 0 Å². The summed E-state index contributed by atoms with van der Waals surface area (Å²) < 4.78 is 9.16. The van der Waals surface area contributed by atoms with Gasteiger partial charge in [-0.3, -0.25) is 0 Å². The summed E-state index contributed by atoms with van der Waals surface area (Å²) in [5.74, 6) is 0. The first kappa shape index (κ1) is 36.8. The van der Waals surface area contributed by atoms with Gasteiger partial charge in [-0.2, -0.15) is 0 Å². The standard InChI is InChI=1S/C60H39NOS/c1-6-17-40(18-7-1)45-29-32-51-53-39-47(31-36-55(53)62-56(51)37-45)61(59-48(42-21-10-3-11-22-42)27-16-28-49(59)43-23-12-4-13-24-43)54-35-34-50(44-25-14-5-15-26-44)60-58(54)52-33-30-46(38-57(52)63-60)41-19-8-2-9-20-41/h1-39H. The van der Waals surface area contributed by atoms with Gasteiger partial charge in [0, 0.05) is 47.8 Å². The number of rotatable bonds is 8. The molecule has 2 aromatic heterocycles. The predicted molar refractivity (Wildman–Crippen MR) is 268 cm³/mol. The van der Waals surface area contributed by atoms with E-state index in [2.05, 4.69) is 241 Å². The molecule has 296 valence electrons. The molecule has 12 rings (SSSR count). The molecule has 0 aliphatic heterocycles. The van der Waals surface area contributed by atoms with Gasteiger partial charge in [0.1, 0.15) is 11.2 Å². The highest BCUT2D eigenvalue weighted by Gasteiger charge is 2.27. The fraction of sp³-hybridized carbons (Fsp3) is 0. The Bertz CT molecular complexity index is 3540. The lowest BCUT2D eigenvalue weighted by Gasteiger charge is -2.31. The third kappa shape index (κ3) is 6.50. The molecule has 3 heteroatoms. The van der Waals surface area contributed by atoms with Crippen molar-refractivity contribution >= 4 is 70.5 Å². The second-order valence-electron chi connectivity index (χ2n) is 16.0. The van der Waals surface area contributed by atoms with Gasteiger partial charge in [0.2, 0.25) is 0 Å². The van der Waals surface area contributed by atoms with Crippen LogP contribution in [0.3, 0.4) is 0 Å². The van der Waals surface area contributed by atoms with Gasteiger partial charge in [0.15, 0.2) is 0 Å². The maximum absolute atomic E-state index is 6.66. The Balaban J connectivity index is 1.18. The molecule has 0 atom stereocenters. The Kier molecular flexibility index (Phi) is 9.06. The summed E-state index contributed by atoms with van der Waals surface area (Å²) in [6.07, 6.45) is 0. The Morgan fingerprint density at radius 1 is 0.333 bits per heavy atom. The first-order valence-electron chi connectivity index (χ1n) is 21.4. The van der Waals surface area contributed by atoms with Crippen LogP contribution < -0.4 is 4.90 Å². The highest BCUT2D eigenvalue weighted by Crippen LogP contribution is 2.53. The number of hydrogen-bond acceptors (Lipinski definition) is 3. The molecule has 0 radical (unpaired) electrons. The van der Waals surface area contributed by atoms with Crippen LogP contribution in [0.4, 0.5) is 17.1 Å². The summed E-state index contributed by atoms with van der Waals surface area (Å²) in [6.45, 7) is 0. The van der Waals surface area contributed by atoms with Crippen LogP contribution >= 0.6 is 11.3 Å². The quantitative estimate of drug-likeness (QED) is 0.152. The molecule has 0 aliphatic carbocycles. The van der Waals surface area contributed by atoms with Crippen LogP contribution in [0.25, 0.3) is 97.7 Å². The Hall–Kier alpha value is -7.98. The lowest BCUT2D eigenvalue weighted by atomic mass is 9.93. The van der Waals surface area contributed by atoms with Crippen LogP contribution in [0.1, 0.15) is 0 Å². The Morgan fingerprint density at radius 3 is 1.44 bits per heavy atom. The topological polar surface area (TPSA) is 16.4 Å². The lowest BCUT2D eigenvalue weighted by Crippen LogP contribution is -2.13. The fourth-order valence-corrected chi connectivity index (χ4v) is 10.6. The van der Waals surface area contributed by atoms with Gasteiger partial charge in [-0.1, -0.05) is 194 Å². The molecule has 0 N–H and O–H groups in total. The summed E-state index contributed by atoms with van der Waals surface area (Å²) in [5, 5.41) is 4.62. The number of furan rings is 1. The molecule has 0 unspecified atom stereocenters. The molecule has 63 heavy (non-hydrogen) atoms. The van der Waals surface area contributed by atoms with Gasteiger partial charge in [-0.15, -0.1) is 11.3 Å². The summed E-state index contributed by atoms with van der Waals surface area (Å²) in [4.78, 5) is 2.52. The third-order valence-corrected chi connectivity index (χ3v) is 13.5. The van der Waals surface area contributed by atoms with E-state index in [0.29, 0.717) is 0 Å². The van der Waals surface area contributed by atoms with E-state index >= 15 is 0 Å². The molecular formula is C60H39NOS. The van der Waals surface area contributed by atoms with Gasteiger partial charge in [-0.25, -0.2) is 0 Å². The van der Waals surface area contributed by atoms with Crippen LogP contribution in [0.2, 0.25) is 0 Å². The number of benzene rings is 10. The van der Waals surface area contributed by atoms with E-state index in [1.807, 2.05) is 11.3 Å². The van der Waals surface area contributed by atoms with Gasteiger partial charge in [-0.05, 0) is 87.0 Å². The second kappa shape index (κ2) is 15.5. The van der Waals surface area contributed by atoms with Crippen molar-refractivity contribution < 1.29 is 4.42 Å². The van der Waals surface area contributed by atoms with Crippen molar-refractivity contribution in [1.29, 1.82) is 0 Å². The summed E-state index contributed by atoms with van der Waals surface area (Å²) >= 11 is 1.88. The van der Waals surface area contributed by atoms with Crippen molar-refractivity contribution in [3.05, 3.63) is 237 Å². The maximum Gasteiger partial charge on any atom is 0.136 e. The van der Waals surface area contributed by atoms with Gasteiger partial charge in [0.25, 0.3) is 0 Å². The van der Waals surface area contributed by atoms with E-state index in [-0.39, 0.29) is 0 Å². The number of nitrogens with zero attached hydrogens (tertiary/aromatic N) is 1. The molecule has 0 saturated carbocycles. The Labute approximate surface area is 370 Å². The molecular weight excluding hydrogens is 783 g/mol. The lowest BCUT2D eigenvalue weighted by molar-refractivity contribution is 0.669. The molecule has 0 bridgehead atoms. The molecule has 12 aromatic rings. The van der Waals surface area contributed by atoms with E-state index in [9.17, 15) is 0 Å². The summed E-state index contributed by atoms with van der Waals surface area (Å²) in [7, 11) is 0. The first-order chi connectivity index (χ1) is 31.2. The fourth-order valence-electron chi connectivity index (χ4n) is 9.29. The Morgan fingerprint density at radius 2 is 0.857 bits per heavy atom. The van der Waals surface area contributed by atoms with Crippen molar-refractivity contribution in [3.8, 4) is 55.6 Å². The molecule has 0 amide bonds. The minimum absolute atomic E-state index is 0.859. The average molecular weight is 822 g/mol. The molecule has 10 aromatic carbocycles. The second-order valence-corrected chi connectivity index (χ2v) is 17.1. The average Bonchev–Trinajstić information content (AvgIpc) is 3.93. The van der Waals surface area contributed by atoms with E-state index in [0.717, 1.165) is 66.8 Å². The van der Waals surface area contributed by atoms with Gasteiger partial charge >= 0.3 is 0 Å². The summed E-state index contributed by atoms with van der Waals surface area (Å²) in [5.41, 5.74) is 16.7.